The fourth-order valence-electron chi connectivity index (χ4n) is 1.95. The van der Waals surface area contributed by atoms with Gasteiger partial charge in [-0.1, -0.05) is 5.16 Å². The number of carbonyl (C=O) groups excluding carboxylic acids is 1. The van der Waals surface area contributed by atoms with E-state index in [1.807, 2.05) is 6.07 Å². The van der Waals surface area contributed by atoms with Gasteiger partial charge in [0.2, 0.25) is 0 Å². The summed E-state index contributed by atoms with van der Waals surface area (Å²) in [4.78, 5) is 15.9. The van der Waals surface area contributed by atoms with Crippen LogP contribution in [0.5, 0.6) is 0 Å². The lowest BCUT2D eigenvalue weighted by molar-refractivity contribution is 0.0926. The van der Waals surface area contributed by atoms with Gasteiger partial charge in [-0.15, -0.1) is 0 Å². The second-order valence-electron chi connectivity index (χ2n) is 5.16. The molecule has 0 radical (unpaired) electrons. The fourth-order valence-corrected chi connectivity index (χ4v) is 1.95. The SMILES string of the molecule is O=C(NCC1(CO)CC1)c1cc(-c2cccnc2)on1. The van der Waals surface area contributed by atoms with Gasteiger partial charge >= 0.3 is 0 Å². The van der Waals surface area contributed by atoms with Gasteiger partial charge in [-0.05, 0) is 25.0 Å². The summed E-state index contributed by atoms with van der Waals surface area (Å²) in [6.45, 7) is 0.574. The average Bonchev–Trinajstić information content (AvgIpc) is 3.12. The van der Waals surface area contributed by atoms with Gasteiger partial charge in [-0.25, -0.2) is 0 Å². The van der Waals surface area contributed by atoms with Crippen LogP contribution in [0, 0.1) is 5.41 Å². The standard InChI is InChI=1S/C14H15N3O3/c18-9-14(3-4-14)8-16-13(19)11-6-12(20-17-11)10-2-1-5-15-7-10/h1-2,5-7,18H,3-4,8-9H2,(H,16,19). The molecule has 104 valence electrons. The number of hydrogen-bond acceptors (Lipinski definition) is 5. The number of amides is 1. The van der Waals surface area contributed by atoms with Gasteiger partial charge in [0.25, 0.3) is 5.91 Å². The Hall–Kier alpha value is -2.21. The zero-order chi connectivity index (χ0) is 14.0. The molecule has 0 aromatic carbocycles. The predicted octanol–water partition coefficient (Wildman–Crippen LogP) is 1.24. The minimum absolute atomic E-state index is 0.104. The molecule has 1 aliphatic rings. The van der Waals surface area contributed by atoms with Crippen molar-refractivity contribution in [2.24, 2.45) is 5.41 Å². The van der Waals surface area contributed by atoms with Gasteiger partial charge < -0.3 is 14.9 Å². The molecular formula is C14H15N3O3. The molecule has 2 aromatic heterocycles. The van der Waals surface area contributed by atoms with Crippen LogP contribution in [0.25, 0.3) is 11.3 Å². The second-order valence-corrected chi connectivity index (χ2v) is 5.16. The Morgan fingerprint density at radius 2 is 2.35 bits per heavy atom. The summed E-state index contributed by atoms with van der Waals surface area (Å²) < 4.78 is 5.15. The van der Waals surface area contributed by atoms with Crippen LogP contribution in [0.3, 0.4) is 0 Å². The maximum absolute atomic E-state index is 11.9. The van der Waals surface area contributed by atoms with E-state index in [4.69, 9.17) is 4.52 Å². The third-order valence-corrected chi connectivity index (χ3v) is 3.61. The Kier molecular flexibility index (Phi) is 3.23. The first-order valence-corrected chi connectivity index (χ1v) is 6.49. The summed E-state index contributed by atoms with van der Waals surface area (Å²) in [5, 5.41) is 15.7. The van der Waals surface area contributed by atoms with Crippen LogP contribution < -0.4 is 5.32 Å². The molecule has 1 saturated carbocycles. The topological polar surface area (TPSA) is 88.2 Å². The van der Waals surface area contributed by atoms with Crippen LogP contribution in [-0.2, 0) is 0 Å². The summed E-state index contributed by atoms with van der Waals surface area (Å²) in [6, 6.07) is 5.21. The Labute approximate surface area is 115 Å². The van der Waals surface area contributed by atoms with Crippen molar-refractivity contribution < 1.29 is 14.4 Å². The summed E-state index contributed by atoms with van der Waals surface area (Å²) in [6.07, 6.45) is 5.21. The van der Waals surface area contributed by atoms with E-state index in [-0.39, 0.29) is 23.6 Å². The Bertz CT molecular complexity index is 605. The maximum Gasteiger partial charge on any atom is 0.273 e. The zero-order valence-corrected chi connectivity index (χ0v) is 10.9. The number of nitrogens with zero attached hydrogens (tertiary/aromatic N) is 2. The molecule has 0 spiro atoms. The molecule has 1 amide bonds. The van der Waals surface area contributed by atoms with Gasteiger partial charge in [0, 0.05) is 36.0 Å². The van der Waals surface area contributed by atoms with E-state index in [0.29, 0.717) is 12.3 Å². The molecule has 1 aliphatic carbocycles. The average molecular weight is 273 g/mol. The number of carbonyl (C=O) groups is 1. The van der Waals surface area contributed by atoms with Crippen molar-refractivity contribution in [2.75, 3.05) is 13.2 Å². The van der Waals surface area contributed by atoms with Crippen LogP contribution in [0.4, 0.5) is 0 Å². The zero-order valence-electron chi connectivity index (χ0n) is 10.9. The van der Waals surface area contributed by atoms with Crippen LogP contribution in [0.15, 0.2) is 35.1 Å². The minimum Gasteiger partial charge on any atom is -0.396 e. The van der Waals surface area contributed by atoms with Gasteiger partial charge in [0.15, 0.2) is 11.5 Å². The van der Waals surface area contributed by atoms with Crippen molar-refractivity contribution in [2.45, 2.75) is 12.8 Å². The number of nitrogens with one attached hydrogen (secondary N) is 1. The van der Waals surface area contributed by atoms with Crippen LogP contribution in [-0.4, -0.2) is 34.3 Å². The normalized spacial score (nSPS) is 15.8. The number of aromatic nitrogens is 2. The first-order chi connectivity index (χ1) is 9.72. The highest BCUT2D eigenvalue weighted by molar-refractivity contribution is 5.93. The Morgan fingerprint density at radius 3 is 3.00 bits per heavy atom. The summed E-state index contributed by atoms with van der Waals surface area (Å²) in [7, 11) is 0. The lowest BCUT2D eigenvalue weighted by Gasteiger charge is -2.11. The smallest absolute Gasteiger partial charge is 0.273 e. The molecule has 2 N–H and O–H groups in total. The van der Waals surface area contributed by atoms with Gasteiger partial charge in [-0.2, -0.15) is 0 Å². The van der Waals surface area contributed by atoms with Crippen molar-refractivity contribution >= 4 is 5.91 Å². The van der Waals surface area contributed by atoms with Crippen molar-refractivity contribution in [3.63, 3.8) is 0 Å². The number of pyridine rings is 1. The number of rotatable bonds is 5. The van der Waals surface area contributed by atoms with Crippen molar-refractivity contribution in [3.8, 4) is 11.3 Å². The van der Waals surface area contributed by atoms with Crippen molar-refractivity contribution in [1.29, 1.82) is 0 Å². The highest BCUT2D eigenvalue weighted by Crippen LogP contribution is 2.44. The third kappa shape index (κ3) is 2.55. The quantitative estimate of drug-likeness (QED) is 0.855. The molecule has 2 aromatic rings. The van der Waals surface area contributed by atoms with Crippen LogP contribution in [0.1, 0.15) is 23.3 Å². The van der Waals surface area contributed by atoms with Crippen LogP contribution in [0.2, 0.25) is 0 Å². The highest BCUT2D eigenvalue weighted by atomic mass is 16.5. The lowest BCUT2D eigenvalue weighted by atomic mass is 10.1. The van der Waals surface area contributed by atoms with E-state index in [9.17, 15) is 9.90 Å². The highest BCUT2D eigenvalue weighted by Gasteiger charge is 2.42. The number of aliphatic hydroxyl groups excluding tert-OH is 1. The summed E-state index contributed by atoms with van der Waals surface area (Å²) in [5.74, 6) is 0.218. The molecular weight excluding hydrogens is 258 g/mol. The monoisotopic (exact) mass is 273 g/mol. The van der Waals surface area contributed by atoms with Gasteiger partial charge in [-0.3, -0.25) is 9.78 Å². The molecule has 0 aliphatic heterocycles. The van der Waals surface area contributed by atoms with E-state index >= 15 is 0 Å². The molecule has 0 atom stereocenters. The molecule has 0 bridgehead atoms. The van der Waals surface area contributed by atoms with E-state index in [0.717, 1.165) is 18.4 Å². The van der Waals surface area contributed by atoms with Crippen molar-refractivity contribution in [3.05, 3.63) is 36.3 Å². The number of hydrogen-bond donors (Lipinski definition) is 2. The van der Waals surface area contributed by atoms with E-state index < -0.39 is 0 Å². The van der Waals surface area contributed by atoms with E-state index in [1.165, 1.54) is 0 Å². The first-order valence-electron chi connectivity index (χ1n) is 6.49. The maximum atomic E-state index is 11.9. The summed E-state index contributed by atoms with van der Waals surface area (Å²) in [5.41, 5.74) is 0.886. The predicted molar refractivity (Wildman–Crippen MR) is 70.8 cm³/mol. The van der Waals surface area contributed by atoms with Gasteiger partial charge in [0.05, 0.1) is 6.61 Å². The molecule has 6 nitrogen and oxygen atoms in total. The largest absolute Gasteiger partial charge is 0.396 e. The van der Waals surface area contributed by atoms with E-state index in [1.54, 1.807) is 24.5 Å². The Morgan fingerprint density at radius 1 is 1.50 bits per heavy atom. The fraction of sp³-hybridized carbons (Fsp3) is 0.357. The minimum atomic E-state index is -0.288. The first kappa shape index (κ1) is 12.8. The Balaban J connectivity index is 1.66. The number of aliphatic hydroxyl groups is 1. The summed E-state index contributed by atoms with van der Waals surface area (Å²) >= 11 is 0. The third-order valence-electron chi connectivity index (χ3n) is 3.61. The van der Waals surface area contributed by atoms with Gasteiger partial charge in [0.1, 0.15) is 0 Å². The molecule has 6 heteroatoms. The van der Waals surface area contributed by atoms with Crippen molar-refractivity contribution in [1.82, 2.24) is 15.5 Å². The molecule has 1 fully saturated rings. The molecule has 3 rings (SSSR count). The molecule has 0 saturated heterocycles. The molecule has 0 unspecified atom stereocenters. The van der Waals surface area contributed by atoms with Crippen LogP contribution >= 0.6 is 0 Å². The molecule has 20 heavy (non-hydrogen) atoms. The second kappa shape index (κ2) is 5.05. The lowest BCUT2D eigenvalue weighted by Crippen LogP contribution is -2.32. The molecule has 2 heterocycles. The van der Waals surface area contributed by atoms with E-state index in [2.05, 4.69) is 15.5 Å².